The minimum Gasteiger partial charge on any atom is -0.294 e. The van der Waals surface area contributed by atoms with Crippen LogP contribution >= 0.6 is 12.4 Å². The Labute approximate surface area is 101 Å². The van der Waals surface area contributed by atoms with Gasteiger partial charge in [-0.05, 0) is 24.1 Å². The highest BCUT2D eigenvalue weighted by atomic mass is 35.5. The van der Waals surface area contributed by atoms with E-state index in [2.05, 4.69) is 5.43 Å². The molecule has 0 bridgehead atoms. The summed E-state index contributed by atoms with van der Waals surface area (Å²) in [6.45, 7) is 1.99. The van der Waals surface area contributed by atoms with Gasteiger partial charge in [0, 0.05) is 0 Å². The molecule has 0 saturated heterocycles. The Morgan fingerprint density at radius 2 is 2.00 bits per heavy atom. The van der Waals surface area contributed by atoms with Crippen molar-refractivity contribution < 1.29 is 9.18 Å². The molecule has 0 heterocycles. The molecule has 1 aromatic rings. The largest absolute Gasteiger partial charge is 0.294 e. The normalized spacial score (nSPS) is 11.4. The third-order valence-corrected chi connectivity index (χ3v) is 2.31. The van der Waals surface area contributed by atoms with E-state index in [1.54, 1.807) is 12.1 Å². The lowest BCUT2D eigenvalue weighted by atomic mass is 9.94. The van der Waals surface area contributed by atoms with E-state index < -0.39 is 0 Å². The summed E-state index contributed by atoms with van der Waals surface area (Å²) in [4.78, 5) is 11.5. The summed E-state index contributed by atoms with van der Waals surface area (Å²) in [5, 5.41) is 0. The lowest BCUT2D eigenvalue weighted by Crippen LogP contribution is -2.34. The summed E-state index contributed by atoms with van der Waals surface area (Å²) in [5.74, 6) is 4.27. The van der Waals surface area contributed by atoms with Gasteiger partial charge in [-0.15, -0.1) is 12.4 Å². The topological polar surface area (TPSA) is 55.1 Å². The average molecular weight is 247 g/mol. The molecule has 1 atom stereocenters. The number of amides is 1. The van der Waals surface area contributed by atoms with Crippen molar-refractivity contribution in [3.63, 3.8) is 0 Å². The summed E-state index contributed by atoms with van der Waals surface area (Å²) in [7, 11) is 0. The molecule has 0 spiro atoms. The standard InChI is InChI=1S/C11H15FN2O.ClH/c1-2-3-10(11(15)14-13)8-4-6-9(12)7-5-8;/h4-7,10H,2-3,13H2,1H3,(H,14,15);1H. The zero-order chi connectivity index (χ0) is 11.3. The van der Waals surface area contributed by atoms with Crippen LogP contribution in [-0.4, -0.2) is 5.91 Å². The molecular weight excluding hydrogens is 231 g/mol. The fourth-order valence-electron chi connectivity index (χ4n) is 1.53. The molecule has 3 N–H and O–H groups in total. The maximum Gasteiger partial charge on any atom is 0.241 e. The monoisotopic (exact) mass is 246 g/mol. The van der Waals surface area contributed by atoms with Crippen molar-refractivity contribution in [1.29, 1.82) is 0 Å². The molecule has 0 aliphatic carbocycles. The molecule has 0 saturated carbocycles. The first-order valence-corrected chi connectivity index (χ1v) is 4.95. The van der Waals surface area contributed by atoms with Crippen molar-refractivity contribution in [2.24, 2.45) is 5.84 Å². The Kier molecular flexibility index (Phi) is 6.69. The van der Waals surface area contributed by atoms with Gasteiger partial charge in [-0.3, -0.25) is 10.2 Å². The SMILES string of the molecule is CCCC(C(=O)NN)c1ccc(F)cc1.Cl. The highest BCUT2D eigenvalue weighted by Crippen LogP contribution is 2.21. The number of hydrazine groups is 1. The van der Waals surface area contributed by atoms with Gasteiger partial charge in [0.05, 0.1) is 5.92 Å². The lowest BCUT2D eigenvalue weighted by Gasteiger charge is -2.14. The summed E-state index contributed by atoms with van der Waals surface area (Å²) in [6, 6.07) is 5.93. The van der Waals surface area contributed by atoms with Crippen LogP contribution < -0.4 is 11.3 Å². The average Bonchev–Trinajstić information content (AvgIpc) is 2.26. The molecule has 3 nitrogen and oxygen atoms in total. The fraction of sp³-hybridized carbons (Fsp3) is 0.364. The summed E-state index contributed by atoms with van der Waals surface area (Å²) in [5.41, 5.74) is 2.92. The zero-order valence-corrected chi connectivity index (χ0v) is 9.89. The van der Waals surface area contributed by atoms with Crippen LogP contribution in [-0.2, 0) is 4.79 Å². The van der Waals surface area contributed by atoms with Gasteiger partial charge in [-0.1, -0.05) is 25.5 Å². The molecule has 1 unspecified atom stereocenters. The van der Waals surface area contributed by atoms with Crippen LogP contribution in [0.5, 0.6) is 0 Å². The molecule has 1 aromatic carbocycles. The number of hydrogen-bond donors (Lipinski definition) is 2. The van der Waals surface area contributed by atoms with Gasteiger partial charge in [0.1, 0.15) is 5.82 Å². The first-order chi connectivity index (χ1) is 7.19. The molecule has 1 rings (SSSR count). The summed E-state index contributed by atoms with van der Waals surface area (Å²) in [6.07, 6.45) is 1.57. The molecule has 5 heteroatoms. The van der Waals surface area contributed by atoms with Crippen molar-refractivity contribution >= 4 is 18.3 Å². The third kappa shape index (κ3) is 3.79. The molecule has 16 heavy (non-hydrogen) atoms. The molecule has 0 aromatic heterocycles. The molecular formula is C11H16ClFN2O. The zero-order valence-electron chi connectivity index (χ0n) is 9.07. The van der Waals surface area contributed by atoms with E-state index in [1.165, 1.54) is 12.1 Å². The molecule has 90 valence electrons. The number of rotatable bonds is 4. The van der Waals surface area contributed by atoms with Crippen LogP contribution in [0, 0.1) is 5.82 Å². The number of hydrogen-bond acceptors (Lipinski definition) is 2. The van der Waals surface area contributed by atoms with Crippen molar-refractivity contribution in [1.82, 2.24) is 5.43 Å². The minimum absolute atomic E-state index is 0. The van der Waals surface area contributed by atoms with Crippen LogP contribution in [0.1, 0.15) is 31.2 Å². The fourth-order valence-corrected chi connectivity index (χ4v) is 1.53. The van der Waals surface area contributed by atoms with Gasteiger partial charge >= 0.3 is 0 Å². The molecule has 1 amide bonds. The van der Waals surface area contributed by atoms with Crippen molar-refractivity contribution in [2.75, 3.05) is 0 Å². The van der Waals surface area contributed by atoms with Crippen molar-refractivity contribution in [2.45, 2.75) is 25.7 Å². The van der Waals surface area contributed by atoms with E-state index >= 15 is 0 Å². The van der Waals surface area contributed by atoms with Crippen molar-refractivity contribution in [3.05, 3.63) is 35.6 Å². The van der Waals surface area contributed by atoms with Crippen LogP contribution in [0.15, 0.2) is 24.3 Å². The van der Waals surface area contributed by atoms with E-state index in [0.717, 1.165) is 12.0 Å². The van der Waals surface area contributed by atoms with Crippen LogP contribution in [0.2, 0.25) is 0 Å². The van der Waals surface area contributed by atoms with Gasteiger partial charge in [-0.25, -0.2) is 10.2 Å². The van der Waals surface area contributed by atoms with Crippen LogP contribution in [0.3, 0.4) is 0 Å². The molecule has 0 radical (unpaired) electrons. The number of carbonyl (C=O) groups excluding carboxylic acids is 1. The number of nitrogens with two attached hydrogens (primary N) is 1. The van der Waals surface area contributed by atoms with Gasteiger partial charge in [0.15, 0.2) is 0 Å². The quantitative estimate of drug-likeness (QED) is 0.486. The number of benzene rings is 1. The van der Waals surface area contributed by atoms with Crippen molar-refractivity contribution in [3.8, 4) is 0 Å². The smallest absolute Gasteiger partial charge is 0.241 e. The predicted octanol–water partition coefficient (Wildman–Crippen LogP) is 2.12. The van der Waals surface area contributed by atoms with E-state index in [9.17, 15) is 9.18 Å². The van der Waals surface area contributed by atoms with E-state index in [4.69, 9.17) is 5.84 Å². The first kappa shape index (κ1) is 14.9. The Morgan fingerprint density at radius 3 is 2.44 bits per heavy atom. The maximum absolute atomic E-state index is 12.7. The molecule has 0 fully saturated rings. The van der Waals surface area contributed by atoms with Gasteiger partial charge in [0.2, 0.25) is 5.91 Å². The highest BCUT2D eigenvalue weighted by molar-refractivity contribution is 5.85. The highest BCUT2D eigenvalue weighted by Gasteiger charge is 2.18. The molecule has 0 aliphatic heterocycles. The lowest BCUT2D eigenvalue weighted by molar-refractivity contribution is -0.122. The Morgan fingerprint density at radius 1 is 1.44 bits per heavy atom. The number of halogens is 2. The minimum atomic E-state index is -0.304. The number of carbonyl (C=O) groups is 1. The third-order valence-electron chi connectivity index (χ3n) is 2.31. The van der Waals surface area contributed by atoms with E-state index in [-0.39, 0.29) is 30.0 Å². The summed E-state index contributed by atoms with van der Waals surface area (Å²) < 4.78 is 12.7. The van der Waals surface area contributed by atoms with E-state index in [0.29, 0.717) is 6.42 Å². The second-order valence-corrected chi connectivity index (χ2v) is 3.40. The summed E-state index contributed by atoms with van der Waals surface area (Å²) >= 11 is 0. The Bertz CT molecular complexity index is 329. The Hall–Kier alpha value is -1.13. The predicted molar refractivity (Wildman–Crippen MR) is 63.6 cm³/mol. The Balaban J connectivity index is 0.00000225. The molecule has 0 aliphatic rings. The van der Waals surface area contributed by atoms with Crippen LogP contribution in [0.25, 0.3) is 0 Å². The van der Waals surface area contributed by atoms with Crippen LogP contribution in [0.4, 0.5) is 4.39 Å². The van der Waals surface area contributed by atoms with E-state index in [1.807, 2.05) is 6.92 Å². The second-order valence-electron chi connectivity index (χ2n) is 3.40. The second kappa shape index (κ2) is 7.19. The number of nitrogens with one attached hydrogen (secondary N) is 1. The van der Waals surface area contributed by atoms with Gasteiger partial charge in [-0.2, -0.15) is 0 Å². The first-order valence-electron chi connectivity index (χ1n) is 4.95. The maximum atomic E-state index is 12.7. The van der Waals surface area contributed by atoms with Gasteiger partial charge in [0.25, 0.3) is 0 Å². The van der Waals surface area contributed by atoms with Gasteiger partial charge < -0.3 is 0 Å².